The predicted molar refractivity (Wildman–Crippen MR) is 121 cm³/mol. The first kappa shape index (κ1) is 23.0. The molecule has 1 N–H and O–H groups in total. The summed E-state index contributed by atoms with van der Waals surface area (Å²) in [6, 6.07) is 10.2. The summed E-state index contributed by atoms with van der Waals surface area (Å²) in [5.41, 5.74) is 2.90. The first-order valence-electron chi connectivity index (χ1n) is 10.2. The van der Waals surface area contributed by atoms with Crippen molar-refractivity contribution in [1.29, 1.82) is 0 Å². The summed E-state index contributed by atoms with van der Waals surface area (Å²) in [7, 11) is -1.97. The molecule has 9 heteroatoms. The minimum atomic E-state index is -3.46. The van der Waals surface area contributed by atoms with Crippen LogP contribution in [0, 0.1) is 6.92 Å². The van der Waals surface area contributed by atoms with Crippen LogP contribution in [0.25, 0.3) is 11.1 Å². The van der Waals surface area contributed by atoms with Crippen molar-refractivity contribution in [3.8, 4) is 17.0 Å². The van der Waals surface area contributed by atoms with E-state index in [4.69, 9.17) is 9.47 Å². The summed E-state index contributed by atoms with van der Waals surface area (Å²) in [5, 5.41) is 10.7. The van der Waals surface area contributed by atoms with E-state index in [-0.39, 0.29) is 30.4 Å². The van der Waals surface area contributed by atoms with Gasteiger partial charge in [0, 0.05) is 36.2 Å². The number of hydrogen-bond acceptors (Lipinski definition) is 8. The fourth-order valence-corrected chi connectivity index (χ4v) is 4.32. The minimum Gasteiger partial charge on any atom is -0.481 e. The van der Waals surface area contributed by atoms with Crippen LogP contribution in [0.4, 0.5) is 0 Å². The maximum absolute atomic E-state index is 13.0. The van der Waals surface area contributed by atoms with Gasteiger partial charge < -0.3 is 14.6 Å². The number of Topliss-reactive ketones (excluding diaryl/α,β-unsaturated/α-hetero) is 1. The van der Waals surface area contributed by atoms with Gasteiger partial charge in [-0.2, -0.15) is 0 Å². The van der Waals surface area contributed by atoms with Crippen molar-refractivity contribution in [2.24, 2.45) is 0 Å². The lowest BCUT2D eigenvalue weighted by molar-refractivity contribution is -0.185. The fraction of sp³-hybridized carbons (Fsp3) is 0.292. The number of ether oxygens (including phenoxy) is 2. The van der Waals surface area contributed by atoms with Gasteiger partial charge in [0.25, 0.3) is 0 Å². The molecular formula is C24H24N2O6S. The number of aliphatic hydroxyl groups is 1. The Morgan fingerprint density at radius 2 is 1.94 bits per heavy atom. The van der Waals surface area contributed by atoms with Gasteiger partial charge in [-0.1, -0.05) is 12.1 Å². The van der Waals surface area contributed by atoms with Gasteiger partial charge in [-0.25, -0.2) is 18.4 Å². The number of carbonyl (C=O) groups is 1. The Hall–Kier alpha value is -3.14. The number of carbonyl (C=O) groups excluding carboxylic acids is 1. The van der Waals surface area contributed by atoms with Crippen molar-refractivity contribution in [2.45, 2.75) is 24.0 Å². The van der Waals surface area contributed by atoms with Gasteiger partial charge in [0.2, 0.25) is 5.88 Å². The number of hydrogen-bond donors (Lipinski definition) is 1. The maximum Gasteiger partial charge on any atom is 0.219 e. The number of nitrogens with zero attached hydrogens (tertiary/aromatic N) is 2. The van der Waals surface area contributed by atoms with E-state index in [9.17, 15) is 18.3 Å². The molecule has 3 heterocycles. The zero-order chi connectivity index (χ0) is 23.8. The van der Waals surface area contributed by atoms with E-state index in [0.717, 1.165) is 22.9 Å². The summed E-state index contributed by atoms with van der Waals surface area (Å²) < 4.78 is 34.0. The van der Waals surface area contributed by atoms with Crippen LogP contribution in [-0.4, -0.2) is 55.9 Å². The van der Waals surface area contributed by atoms with Gasteiger partial charge in [0.15, 0.2) is 20.6 Å². The Kier molecular flexibility index (Phi) is 6.04. The maximum atomic E-state index is 13.0. The second-order valence-corrected chi connectivity index (χ2v) is 10.2. The van der Waals surface area contributed by atoms with Gasteiger partial charge in [0.1, 0.15) is 5.60 Å². The molecule has 172 valence electrons. The standard InChI is InChI=1S/C24H24N2O6S/c1-15-4-5-17(21(27)8-16-6-7-25-22(9-16)33(3,29)30)10-19(15)18-11-20(23(31-2)26-12-18)24(28)13-32-14-24/h4-7,9-12,28H,8,13-14H2,1-3H3. The van der Waals surface area contributed by atoms with Crippen molar-refractivity contribution in [3.63, 3.8) is 0 Å². The minimum absolute atomic E-state index is 0.0384. The van der Waals surface area contributed by atoms with Gasteiger partial charge in [-0.05, 0) is 47.9 Å². The molecule has 1 saturated heterocycles. The molecule has 1 aliphatic rings. The highest BCUT2D eigenvalue weighted by Gasteiger charge is 2.41. The monoisotopic (exact) mass is 468 g/mol. The molecule has 1 aliphatic heterocycles. The van der Waals surface area contributed by atoms with Crippen LogP contribution in [0.5, 0.6) is 5.88 Å². The molecule has 0 saturated carbocycles. The van der Waals surface area contributed by atoms with Crippen molar-refractivity contribution >= 4 is 15.6 Å². The lowest BCUT2D eigenvalue weighted by Gasteiger charge is -2.37. The second kappa shape index (κ2) is 8.66. The Bertz CT molecular complexity index is 1330. The molecule has 0 aliphatic carbocycles. The first-order chi connectivity index (χ1) is 15.6. The Morgan fingerprint density at radius 3 is 2.58 bits per heavy atom. The molecule has 2 aromatic heterocycles. The largest absolute Gasteiger partial charge is 0.481 e. The number of rotatable bonds is 7. The summed E-state index contributed by atoms with van der Waals surface area (Å²) in [4.78, 5) is 21.2. The second-order valence-electron chi connectivity index (χ2n) is 8.21. The number of aryl methyl sites for hydroxylation is 1. The Labute approximate surface area is 192 Å². The summed E-state index contributed by atoms with van der Waals surface area (Å²) in [6.07, 6.45) is 4.15. The average molecular weight is 469 g/mol. The van der Waals surface area contributed by atoms with Crippen LogP contribution in [-0.2, 0) is 26.6 Å². The molecule has 0 bridgehead atoms. The van der Waals surface area contributed by atoms with E-state index in [1.54, 1.807) is 24.4 Å². The fourth-order valence-electron chi connectivity index (χ4n) is 3.70. The normalized spacial score (nSPS) is 15.0. The predicted octanol–water partition coefficient (Wildman–Crippen LogP) is 2.51. The van der Waals surface area contributed by atoms with Crippen LogP contribution in [0.2, 0.25) is 0 Å². The molecule has 0 unspecified atom stereocenters. The molecule has 1 aromatic carbocycles. The number of benzene rings is 1. The van der Waals surface area contributed by atoms with Crippen molar-refractivity contribution < 1.29 is 27.8 Å². The third-order valence-electron chi connectivity index (χ3n) is 5.64. The molecular weight excluding hydrogens is 444 g/mol. The van der Waals surface area contributed by atoms with E-state index in [1.807, 2.05) is 19.1 Å². The van der Waals surface area contributed by atoms with Gasteiger partial charge >= 0.3 is 0 Å². The van der Waals surface area contributed by atoms with Crippen LogP contribution >= 0.6 is 0 Å². The number of sulfone groups is 1. The smallest absolute Gasteiger partial charge is 0.219 e. The first-order valence-corrected chi connectivity index (χ1v) is 12.1. The summed E-state index contributed by atoms with van der Waals surface area (Å²) >= 11 is 0. The average Bonchev–Trinajstić information content (AvgIpc) is 2.77. The third-order valence-corrected chi connectivity index (χ3v) is 6.62. The van der Waals surface area contributed by atoms with E-state index in [0.29, 0.717) is 22.6 Å². The zero-order valence-corrected chi connectivity index (χ0v) is 19.3. The highest BCUT2D eigenvalue weighted by molar-refractivity contribution is 7.90. The summed E-state index contributed by atoms with van der Waals surface area (Å²) in [5.74, 6) is 0.170. The molecule has 0 spiro atoms. The highest BCUT2D eigenvalue weighted by atomic mass is 32.2. The van der Waals surface area contributed by atoms with E-state index in [2.05, 4.69) is 9.97 Å². The van der Waals surface area contributed by atoms with Crippen LogP contribution in [0.1, 0.15) is 27.0 Å². The van der Waals surface area contributed by atoms with Crippen molar-refractivity contribution in [2.75, 3.05) is 26.6 Å². The molecule has 4 rings (SSSR count). The lowest BCUT2D eigenvalue weighted by Crippen LogP contribution is -2.46. The molecule has 8 nitrogen and oxygen atoms in total. The molecule has 1 fully saturated rings. The van der Waals surface area contributed by atoms with Crippen LogP contribution in [0.15, 0.2) is 53.8 Å². The number of methoxy groups -OCH3 is 1. The topological polar surface area (TPSA) is 116 Å². The molecule has 3 aromatic rings. The van der Waals surface area contributed by atoms with Crippen LogP contribution < -0.4 is 4.74 Å². The van der Waals surface area contributed by atoms with Gasteiger partial charge in [0.05, 0.1) is 25.9 Å². The number of pyridine rings is 2. The summed E-state index contributed by atoms with van der Waals surface area (Å²) in [6.45, 7) is 2.25. The molecule has 0 atom stereocenters. The van der Waals surface area contributed by atoms with Gasteiger partial charge in [-0.3, -0.25) is 4.79 Å². The number of aromatic nitrogens is 2. The number of ketones is 1. The van der Waals surface area contributed by atoms with E-state index < -0.39 is 15.4 Å². The SMILES string of the molecule is COc1ncc(-c2cc(C(=O)Cc3ccnc(S(C)(=O)=O)c3)ccc2C)cc1C1(O)COC1. The highest BCUT2D eigenvalue weighted by Crippen LogP contribution is 2.37. The lowest BCUT2D eigenvalue weighted by atomic mass is 9.89. The quantitative estimate of drug-likeness (QED) is 0.526. The van der Waals surface area contributed by atoms with Gasteiger partial charge in [-0.15, -0.1) is 0 Å². The Balaban J connectivity index is 1.66. The van der Waals surface area contributed by atoms with E-state index in [1.165, 1.54) is 19.4 Å². The van der Waals surface area contributed by atoms with E-state index >= 15 is 0 Å². The third kappa shape index (κ3) is 4.66. The molecule has 0 radical (unpaired) electrons. The van der Waals surface area contributed by atoms with Crippen molar-refractivity contribution in [1.82, 2.24) is 9.97 Å². The molecule has 0 amide bonds. The van der Waals surface area contributed by atoms with Crippen LogP contribution in [0.3, 0.4) is 0 Å². The van der Waals surface area contributed by atoms with Crippen molar-refractivity contribution in [3.05, 3.63) is 71.0 Å². The zero-order valence-electron chi connectivity index (χ0n) is 18.5. The Morgan fingerprint density at radius 1 is 1.18 bits per heavy atom. The molecule has 33 heavy (non-hydrogen) atoms.